The number of carbonyl (C=O) groups is 2. The summed E-state index contributed by atoms with van der Waals surface area (Å²) in [5.41, 5.74) is -1.36. The highest BCUT2D eigenvalue weighted by atomic mass is 16.8. The number of esters is 2. The van der Waals surface area contributed by atoms with Crippen molar-refractivity contribution in [3.05, 3.63) is 47.2 Å². The minimum Gasteiger partial charge on any atom is -0.508 e. The zero-order valence-corrected chi connectivity index (χ0v) is 21.0. The maximum Gasteiger partial charge on any atom is 0.337 e. The highest BCUT2D eigenvalue weighted by Gasteiger charge is 2.81. The third-order valence-electron chi connectivity index (χ3n) is 8.19. The van der Waals surface area contributed by atoms with E-state index in [1.807, 2.05) is 0 Å². The molecule has 4 fully saturated rings. The molecule has 6 N–H and O–H groups in total. The molecule has 4 heterocycles. The van der Waals surface area contributed by atoms with Gasteiger partial charge >= 0.3 is 11.9 Å². The molecule has 12 atom stereocenters. The summed E-state index contributed by atoms with van der Waals surface area (Å²) in [5, 5.41) is 61.6. The van der Waals surface area contributed by atoms with Gasteiger partial charge in [0.2, 0.25) is 6.29 Å². The van der Waals surface area contributed by atoms with Crippen LogP contribution in [0.3, 0.4) is 0 Å². The molecule has 0 amide bonds. The molecular weight excluding hydrogens is 536 g/mol. The van der Waals surface area contributed by atoms with Crippen molar-refractivity contribution in [2.24, 2.45) is 11.8 Å². The summed E-state index contributed by atoms with van der Waals surface area (Å²) < 4.78 is 33.6. The smallest absolute Gasteiger partial charge is 0.337 e. The van der Waals surface area contributed by atoms with E-state index in [4.69, 9.17) is 28.4 Å². The van der Waals surface area contributed by atoms with Gasteiger partial charge in [-0.25, -0.2) is 9.59 Å². The molecule has 3 saturated heterocycles. The highest BCUT2D eigenvalue weighted by Crippen LogP contribution is 2.64. The quantitative estimate of drug-likeness (QED) is 0.126. The zero-order valence-electron chi connectivity index (χ0n) is 21.0. The number of rotatable bonds is 5. The number of hydrogen-bond acceptors (Lipinski definition) is 14. The molecule has 0 unspecified atom stereocenters. The molecule has 1 aliphatic carbocycles. The van der Waals surface area contributed by atoms with Gasteiger partial charge in [-0.1, -0.05) is 12.1 Å². The molecule has 4 aliphatic heterocycles. The Morgan fingerprint density at radius 2 is 1.77 bits per heavy atom. The van der Waals surface area contributed by atoms with E-state index in [0.717, 1.165) is 6.26 Å². The number of methoxy groups -OCH3 is 1. The van der Waals surface area contributed by atoms with Crippen LogP contribution < -0.4 is 0 Å². The molecule has 14 nitrogen and oxygen atoms in total. The van der Waals surface area contributed by atoms with Gasteiger partial charge in [0, 0.05) is 5.92 Å². The first kappa shape index (κ1) is 27.1. The lowest BCUT2D eigenvalue weighted by Gasteiger charge is -2.45. The summed E-state index contributed by atoms with van der Waals surface area (Å²) in [4.78, 5) is 25.8. The van der Waals surface area contributed by atoms with Crippen LogP contribution in [0.4, 0.5) is 0 Å². The number of hydrogen-bond donors (Lipinski definition) is 6. The zero-order chi connectivity index (χ0) is 28.5. The van der Waals surface area contributed by atoms with E-state index in [9.17, 15) is 40.2 Å². The Kier molecular flexibility index (Phi) is 6.63. The van der Waals surface area contributed by atoms with Crippen LogP contribution in [0.2, 0.25) is 0 Å². The van der Waals surface area contributed by atoms with E-state index in [0.29, 0.717) is 5.56 Å². The van der Waals surface area contributed by atoms with E-state index >= 15 is 0 Å². The molecule has 0 bridgehead atoms. The monoisotopic (exact) mass is 564 g/mol. The van der Waals surface area contributed by atoms with Crippen molar-refractivity contribution in [2.75, 3.05) is 13.7 Å². The molecule has 1 spiro atoms. The molecule has 6 rings (SSSR count). The summed E-state index contributed by atoms with van der Waals surface area (Å²) in [6.45, 7) is -0.696. The van der Waals surface area contributed by atoms with Crippen LogP contribution in [0.5, 0.6) is 5.75 Å². The van der Waals surface area contributed by atoms with Crippen molar-refractivity contribution in [2.45, 2.75) is 60.9 Å². The van der Waals surface area contributed by atoms with Gasteiger partial charge in [-0.3, -0.25) is 0 Å². The molecule has 1 aromatic carbocycles. The Bertz CT molecular complexity index is 1240. The minimum absolute atomic E-state index is 0.00990. The van der Waals surface area contributed by atoms with Crippen LogP contribution in [0.25, 0.3) is 6.08 Å². The summed E-state index contributed by atoms with van der Waals surface area (Å²) >= 11 is 0. The van der Waals surface area contributed by atoms with Gasteiger partial charge in [-0.2, -0.15) is 0 Å². The lowest BCUT2D eigenvalue weighted by Crippen LogP contribution is -2.62. The summed E-state index contributed by atoms with van der Waals surface area (Å²) in [5.74, 6) is -3.51. The van der Waals surface area contributed by atoms with Crippen molar-refractivity contribution in [3.63, 3.8) is 0 Å². The summed E-state index contributed by atoms with van der Waals surface area (Å²) in [7, 11) is 1.17. The normalized spacial score (nSPS) is 44.5. The number of benzene rings is 1. The van der Waals surface area contributed by atoms with Crippen LogP contribution in [-0.2, 0) is 38.0 Å². The fraction of sp³-hybridized carbons (Fsp3) is 0.538. The van der Waals surface area contributed by atoms with Gasteiger partial charge in [0.1, 0.15) is 42.4 Å². The van der Waals surface area contributed by atoms with Gasteiger partial charge in [-0.15, -0.1) is 0 Å². The van der Waals surface area contributed by atoms with Gasteiger partial charge in [-0.05, 0) is 23.8 Å². The number of aliphatic hydroxyl groups is 5. The van der Waals surface area contributed by atoms with Crippen LogP contribution >= 0.6 is 0 Å². The number of aliphatic hydroxyl groups excluding tert-OH is 5. The first-order chi connectivity index (χ1) is 19.1. The lowest BCUT2D eigenvalue weighted by atomic mass is 9.75. The largest absolute Gasteiger partial charge is 0.508 e. The molecule has 0 radical (unpaired) electrons. The molecule has 1 aromatic rings. The third kappa shape index (κ3) is 3.94. The molecular formula is C26H28O14. The fourth-order valence-electron chi connectivity index (χ4n) is 6.20. The number of ether oxygens (including phenoxy) is 6. The second-order valence-electron chi connectivity index (χ2n) is 10.3. The number of phenols is 1. The van der Waals surface area contributed by atoms with Crippen molar-refractivity contribution in [1.29, 1.82) is 0 Å². The Morgan fingerprint density at radius 3 is 2.45 bits per heavy atom. The predicted octanol–water partition coefficient (Wildman–Crippen LogP) is -2.32. The second kappa shape index (κ2) is 9.78. The number of carbonyl (C=O) groups excluding carboxylic acids is 2. The Hall–Kier alpha value is -3.08. The standard InChI is InChI=1S/C26H28O14/c1-35-22(33)12-8-36-24(39-25-18(31)17(30)16(29)13(7-27)37-25)15-14(12)19-21(38-19)26(15)20(32)11(23(34)40-26)6-9-2-4-10(28)5-3-9/h2-6,8,13-21,24-25,27-32H,7H2,1H3/b11-6-/t13-,14-,15-,16-,17+,18-,19+,20-,21+,24+,25+,26-/m1/s1. The summed E-state index contributed by atoms with van der Waals surface area (Å²) in [6.07, 6.45) is -10.1. The van der Waals surface area contributed by atoms with Crippen LogP contribution in [0.15, 0.2) is 41.7 Å². The van der Waals surface area contributed by atoms with E-state index < -0.39 is 91.3 Å². The maximum absolute atomic E-state index is 13.1. The average molecular weight is 564 g/mol. The minimum atomic E-state index is -1.79. The topological polar surface area (TPSA) is 214 Å². The number of aromatic hydroxyl groups is 1. The van der Waals surface area contributed by atoms with Gasteiger partial charge in [0.15, 0.2) is 11.9 Å². The average Bonchev–Trinajstić information content (AvgIpc) is 3.65. The third-order valence-corrected chi connectivity index (χ3v) is 8.19. The van der Waals surface area contributed by atoms with Crippen molar-refractivity contribution in [3.8, 4) is 5.75 Å². The van der Waals surface area contributed by atoms with E-state index in [-0.39, 0.29) is 16.9 Å². The van der Waals surface area contributed by atoms with Crippen molar-refractivity contribution >= 4 is 18.0 Å². The molecule has 14 heteroatoms. The second-order valence-corrected chi connectivity index (χ2v) is 10.3. The van der Waals surface area contributed by atoms with E-state index in [2.05, 4.69) is 0 Å². The van der Waals surface area contributed by atoms with E-state index in [1.165, 1.54) is 37.5 Å². The fourth-order valence-corrected chi connectivity index (χ4v) is 6.20. The first-order valence-corrected chi connectivity index (χ1v) is 12.6. The first-order valence-electron chi connectivity index (χ1n) is 12.6. The Balaban J connectivity index is 1.37. The Morgan fingerprint density at radius 1 is 1.05 bits per heavy atom. The lowest BCUT2D eigenvalue weighted by molar-refractivity contribution is -0.350. The number of fused-ring (bicyclic) bond motifs is 5. The molecule has 5 aliphatic rings. The number of phenolic OH excluding ortho intramolecular Hbond substituents is 1. The van der Waals surface area contributed by atoms with Gasteiger partial charge < -0.3 is 59.1 Å². The highest BCUT2D eigenvalue weighted by molar-refractivity contribution is 5.98. The number of epoxide rings is 1. The molecule has 40 heavy (non-hydrogen) atoms. The maximum atomic E-state index is 13.1. The molecule has 216 valence electrons. The predicted molar refractivity (Wildman–Crippen MR) is 126 cm³/mol. The van der Waals surface area contributed by atoms with Gasteiger partial charge in [0.05, 0.1) is 43.1 Å². The van der Waals surface area contributed by atoms with Crippen LogP contribution in [0, 0.1) is 11.8 Å². The molecule has 1 saturated carbocycles. The Labute approximate surface area is 226 Å². The van der Waals surface area contributed by atoms with Crippen LogP contribution in [0.1, 0.15) is 5.56 Å². The van der Waals surface area contributed by atoms with Gasteiger partial charge in [0.25, 0.3) is 0 Å². The molecule has 0 aromatic heterocycles. The van der Waals surface area contributed by atoms with Crippen molar-refractivity contribution in [1.82, 2.24) is 0 Å². The SMILES string of the molecule is COC(=O)C1=CO[C@@H](O[C@@H]2O[C@H](CO)[C@@H](O)[C@H](O)[C@H]2O)[C@H]2[C@@H]1[C@@H]1O[C@@H]1[C@@]21OC(=O)/C(=C\c2ccc(O)cc2)[C@H]1O. The van der Waals surface area contributed by atoms with Crippen LogP contribution in [-0.4, -0.2) is 117 Å². The van der Waals surface area contributed by atoms with E-state index in [1.54, 1.807) is 0 Å². The van der Waals surface area contributed by atoms with Crippen molar-refractivity contribution < 1.29 is 68.6 Å². The summed E-state index contributed by atoms with van der Waals surface area (Å²) in [6, 6.07) is 5.89.